The van der Waals surface area contributed by atoms with E-state index >= 15 is 0 Å². The number of nitrogens with zero attached hydrogens (tertiary/aromatic N) is 2. The van der Waals surface area contributed by atoms with Crippen LogP contribution >= 0.6 is 0 Å². The molecule has 0 saturated heterocycles. The molecule has 0 aromatic carbocycles. The first kappa shape index (κ1) is 11.5. The van der Waals surface area contributed by atoms with Gasteiger partial charge in [-0.05, 0) is 25.2 Å². The summed E-state index contributed by atoms with van der Waals surface area (Å²) in [6.07, 6.45) is 8.49. The minimum atomic E-state index is 0.666. The molecule has 1 heterocycles. The van der Waals surface area contributed by atoms with Crippen molar-refractivity contribution in [1.29, 1.82) is 0 Å². The second-order valence-corrected chi connectivity index (χ2v) is 4.87. The van der Waals surface area contributed by atoms with Gasteiger partial charge in [-0.2, -0.15) is 5.10 Å². The van der Waals surface area contributed by atoms with E-state index in [1.54, 1.807) is 0 Å². The van der Waals surface area contributed by atoms with E-state index in [0.29, 0.717) is 6.04 Å². The molecule has 0 bridgehead atoms. The van der Waals surface area contributed by atoms with Crippen molar-refractivity contribution >= 4 is 5.69 Å². The van der Waals surface area contributed by atoms with E-state index in [2.05, 4.69) is 30.5 Å². The van der Waals surface area contributed by atoms with Gasteiger partial charge in [-0.15, -0.1) is 0 Å². The van der Waals surface area contributed by atoms with Crippen molar-refractivity contribution in [3.63, 3.8) is 0 Å². The normalized spacial score (nSPS) is 24.9. The van der Waals surface area contributed by atoms with Crippen molar-refractivity contribution in [3.05, 3.63) is 11.9 Å². The van der Waals surface area contributed by atoms with Crippen LogP contribution in [0, 0.1) is 5.92 Å². The van der Waals surface area contributed by atoms with E-state index < -0.39 is 0 Å². The zero-order valence-electron chi connectivity index (χ0n) is 10.7. The number of aryl methyl sites for hydroxylation is 2. The SMILES string of the molecule is CCc1nn(C)cc1NC1CCCC1CC. The van der Waals surface area contributed by atoms with Crippen LogP contribution in [-0.2, 0) is 13.5 Å². The fourth-order valence-corrected chi connectivity index (χ4v) is 2.83. The highest BCUT2D eigenvalue weighted by Gasteiger charge is 2.26. The molecule has 1 aliphatic rings. The Balaban J connectivity index is 2.07. The van der Waals surface area contributed by atoms with Gasteiger partial charge in [0, 0.05) is 19.3 Å². The third-order valence-electron chi connectivity index (χ3n) is 3.76. The summed E-state index contributed by atoms with van der Waals surface area (Å²) in [4.78, 5) is 0. The smallest absolute Gasteiger partial charge is 0.0853 e. The lowest BCUT2D eigenvalue weighted by molar-refractivity contribution is 0.489. The average molecular weight is 221 g/mol. The van der Waals surface area contributed by atoms with E-state index in [0.717, 1.165) is 12.3 Å². The van der Waals surface area contributed by atoms with E-state index in [-0.39, 0.29) is 0 Å². The highest BCUT2D eigenvalue weighted by molar-refractivity contribution is 5.47. The van der Waals surface area contributed by atoms with Crippen molar-refractivity contribution in [3.8, 4) is 0 Å². The van der Waals surface area contributed by atoms with E-state index in [4.69, 9.17) is 0 Å². The van der Waals surface area contributed by atoms with Gasteiger partial charge in [0.25, 0.3) is 0 Å². The Labute approximate surface area is 98.2 Å². The predicted octanol–water partition coefficient (Wildman–Crippen LogP) is 2.97. The van der Waals surface area contributed by atoms with Crippen LogP contribution < -0.4 is 5.32 Å². The van der Waals surface area contributed by atoms with Gasteiger partial charge in [0.15, 0.2) is 0 Å². The van der Waals surface area contributed by atoms with Gasteiger partial charge >= 0.3 is 0 Å². The van der Waals surface area contributed by atoms with Crippen molar-refractivity contribution < 1.29 is 0 Å². The summed E-state index contributed by atoms with van der Waals surface area (Å²) in [5.41, 5.74) is 2.44. The standard InChI is InChI=1S/C13H23N3/c1-4-10-7-6-8-12(10)14-13-9-16(3)15-11(13)5-2/h9-10,12,14H,4-8H2,1-3H3. The van der Waals surface area contributed by atoms with Gasteiger partial charge < -0.3 is 5.32 Å². The van der Waals surface area contributed by atoms with Gasteiger partial charge in [0.1, 0.15) is 0 Å². The summed E-state index contributed by atoms with van der Waals surface area (Å²) in [5.74, 6) is 0.852. The molecular weight excluding hydrogens is 198 g/mol. The number of anilines is 1. The van der Waals surface area contributed by atoms with Gasteiger partial charge in [-0.25, -0.2) is 0 Å². The van der Waals surface area contributed by atoms with E-state index in [1.807, 2.05) is 11.7 Å². The maximum atomic E-state index is 4.48. The van der Waals surface area contributed by atoms with Crippen molar-refractivity contribution in [2.24, 2.45) is 13.0 Å². The Morgan fingerprint density at radius 1 is 1.44 bits per heavy atom. The first-order chi connectivity index (χ1) is 7.74. The number of hydrogen-bond acceptors (Lipinski definition) is 2. The molecule has 1 aromatic rings. The first-order valence-corrected chi connectivity index (χ1v) is 6.53. The molecule has 3 nitrogen and oxygen atoms in total. The molecule has 1 N–H and O–H groups in total. The molecule has 2 unspecified atom stereocenters. The zero-order chi connectivity index (χ0) is 11.5. The summed E-state index contributed by atoms with van der Waals surface area (Å²) >= 11 is 0. The maximum Gasteiger partial charge on any atom is 0.0853 e. The van der Waals surface area contributed by atoms with Crippen molar-refractivity contribution in [2.75, 3.05) is 5.32 Å². The molecule has 16 heavy (non-hydrogen) atoms. The quantitative estimate of drug-likeness (QED) is 0.847. The second kappa shape index (κ2) is 4.89. The Hall–Kier alpha value is -0.990. The number of rotatable bonds is 4. The van der Waals surface area contributed by atoms with E-state index in [1.165, 1.54) is 37.1 Å². The molecular formula is C13H23N3. The summed E-state index contributed by atoms with van der Waals surface area (Å²) in [7, 11) is 2.00. The predicted molar refractivity (Wildman–Crippen MR) is 67.6 cm³/mol. The van der Waals surface area contributed by atoms with Crippen LogP contribution in [-0.4, -0.2) is 15.8 Å². The van der Waals surface area contributed by atoms with Gasteiger partial charge in [-0.3, -0.25) is 4.68 Å². The largest absolute Gasteiger partial charge is 0.379 e. The van der Waals surface area contributed by atoms with Crippen LogP contribution in [0.15, 0.2) is 6.20 Å². The molecule has 3 heteroatoms. The number of hydrogen-bond donors (Lipinski definition) is 1. The Morgan fingerprint density at radius 3 is 2.94 bits per heavy atom. The van der Waals surface area contributed by atoms with Crippen LogP contribution in [0.5, 0.6) is 0 Å². The fraction of sp³-hybridized carbons (Fsp3) is 0.769. The Bertz CT molecular complexity index is 343. The lowest BCUT2D eigenvalue weighted by Gasteiger charge is -2.20. The summed E-state index contributed by atoms with van der Waals surface area (Å²) in [5, 5.41) is 8.18. The summed E-state index contributed by atoms with van der Waals surface area (Å²) < 4.78 is 1.91. The highest BCUT2D eigenvalue weighted by atomic mass is 15.3. The molecule has 1 aromatic heterocycles. The lowest BCUT2D eigenvalue weighted by atomic mass is 10.0. The molecule has 1 fully saturated rings. The molecule has 0 radical (unpaired) electrons. The fourth-order valence-electron chi connectivity index (χ4n) is 2.83. The van der Waals surface area contributed by atoms with E-state index in [9.17, 15) is 0 Å². The summed E-state index contributed by atoms with van der Waals surface area (Å²) in [6.45, 7) is 4.47. The summed E-state index contributed by atoms with van der Waals surface area (Å²) in [6, 6.07) is 0.666. The lowest BCUT2D eigenvalue weighted by Crippen LogP contribution is -2.23. The minimum absolute atomic E-state index is 0.666. The molecule has 0 spiro atoms. The molecule has 0 amide bonds. The maximum absolute atomic E-state index is 4.48. The number of nitrogens with one attached hydrogen (secondary N) is 1. The Morgan fingerprint density at radius 2 is 2.25 bits per heavy atom. The van der Waals surface area contributed by atoms with Gasteiger partial charge in [0.05, 0.1) is 11.4 Å². The molecule has 0 aliphatic heterocycles. The van der Waals surface area contributed by atoms with Crippen LogP contribution in [0.3, 0.4) is 0 Å². The highest BCUT2D eigenvalue weighted by Crippen LogP contribution is 2.31. The molecule has 2 rings (SSSR count). The van der Waals surface area contributed by atoms with Crippen LogP contribution in [0.4, 0.5) is 5.69 Å². The molecule has 1 saturated carbocycles. The Kier molecular flexibility index (Phi) is 3.52. The van der Waals surface area contributed by atoms with Crippen LogP contribution in [0.25, 0.3) is 0 Å². The van der Waals surface area contributed by atoms with Crippen molar-refractivity contribution in [2.45, 2.75) is 52.0 Å². The first-order valence-electron chi connectivity index (χ1n) is 6.53. The monoisotopic (exact) mass is 221 g/mol. The molecule has 2 atom stereocenters. The topological polar surface area (TPSA) is 29.9 Å². The van der Waals surface area contributed by atoms with Gasteiger partial charge in [-0.1, -0.05) is 26.7 Å². The average Bonchev–Trinajstić information content (AvgIpc) is 2.85. The minimum Gasteiger partial charge on any atom is -0.379 e. The molecule has 1 aliphatic carbocycles. The zero-order valence-corrected chi connectivity index (χ0v) is 10.7. The van der Waals surface area contributed by atoms with Crippen LogP contribution in [0.2, 0.25) is 0 Å². The van der Waals surface area contributed by atoms with Crippen LogP contribution in [0.1, 0.15) is 45.2 Å². The second-order valence-electron chi connectivity index (χ2n) is 4.87. The number of aromatic nitrogens is 2. The van der Waals surface area contributed by atoms with Gasteiger partial charge in [0.2, 0.25) is 0 Å². The molecule has 90 valence electrons. The third kappa shape index (κ3) is 2.23. The van der Waals surface area contributed by atoms with Crippen molar-refractivity contribution in [1.82, 2.24) is 9.78 Å². The third-order valence-corrected chi connectivity index (χ3v) is 3.76.